The largest absolute Gasteiger partial charge is 0.497 e. The van der Waals surface area contributed by atoms with Gasteiger partial charge in [-0.3, -0.25) is 9.88 Å². The molecule has 0 atom stereocenters. The van der Waals surface area contributed by atoms with Crippen molar-refractivity contribution in [3.63, 3.8) is 0 Å². The Bertz CT molecular complexity index is 1640. The number of rotatable bonds is 7. The third-order valence-electron chi connectivity index (χ3n) is 7.10. The van der Waals surface area contributed by atoms with Gasteiger partial charge in [-0.25, -0.2) is 8.78 Å². The fraction of sp³-hybridized carbons (Fsp3) is 0.233. The van der Waals surface area contributed by atoms with Gasteiger partial charge in [-0.15, -0.1) is 0 Å². The number of piperazine rings is 1. The molecule has 0 unspecified atom stereocenters. The van der Waals surface area contributed by atoms with Crippen LogP contribution in [0.3, 0.4) is 0 Å². The normalized spacial score (nSPS) is 14.1. The lowest BCUT2D eigenvalue weighted by molar-refractivity contribution is 0.240. The number of aromatic nitrogens is 3. The number of hydrogen-bond acceptors (Lipinski definition) is 8. The molecule has 8 nitrogen and oxygen atoms in total. The van der Waals surface area contributed by atoms with Crippen LogP contribution in [-0.4, -0.2) is 60.4 Å². The fourth-order valence-electron chi connectivity index (χ4n) is 5.01. The molecule has 1 aliphatic heterocycles. The minimum Gasteiger partial charge on any atom is -0.497 e. The molecule has 1 saturated heterocycles. The Morgan fingerprint density at radius 2 is 1.62 bits per heavy atom. The second-order valence-corrected chi connectivity index (χ2v) is 9.57. The van der Waals surface area contributed by atoms with E-state index in [0.29, 0.717) is 35.3 Å². The average molecular weight is 544 g/mol. The molecule has 0 bridgehead atoms. The maximum atomic E-state index is 14.3. The smallest absolute Gasteiger partial charge is 0.258 e. The molecule has 2 aromatic heterocycles. The molecule has 3 aromatic carbocycles. The first-order valence-electron chi connectivity index (χ1n) is 12.9. The van der Waals surface area contributed by atoms with Crippen LogP contribution in [0.15, 0.2) is 71.4 Å². The highest BCUT2D eigenvalue weighted by molar-refractivity contribution is 5.94. The maximum Gasteiger partial charge on any atom is 0.258 e. The summed E-state index contributed by atoms with van der Waals surface area (Å²) in [7, 11) is 3.19. The molecule has 0 saturated carbocycles. The summed E-state index contributed by atoms with van der Waals surface area (Å²) in [5.41, 5.74) is 3.33. The standard InChI is InChI=1S/C30H27F2N5O3/c1-38-22-13-20(14-23(17-22)39-2)30-34-29(35-40-30)18-36-9-11-37(12-10-36)28-7-8-33-27-15-19(3-5-24(27)28)25-16-21(31)4-6-26(25)32/h3-8,13-17H,9-12,18H2,1-2H3. The zero-order valence-corrected chi connectivity index (χ0v) is 22.1. The molecule has 204 valence electrons. The van der Waals surface area contributed by atoms with Crippen molar-refractivity contribution in [2.45, 2.75) is 6.54 Å². The number of hydrogen-bond donors (Lipinski definition) is 0. The average Bonchev–Trinajstić information content (AvgIpc) is 3.46. The van der Waals surface area contributed by atoms with E-state index in [2.05, 4.69) is 24.9 Å². The number of nitrogens with zero attached hydrogens (tertiary/aromatic N) is 5. The molecule has 1 fully saturated rings. The zero-order valence-electron chi connectivity index (χ0n) is 22.1. The van der Waals surface area contributed by atoms with E-state index in [-0.39, 0.29) is 5.56 Å². The number of halogens is 2. The first-order chi connectivity index (χ1) is 19.5. The van der Waals surface area contributed by atoms with Crippen molar-refractivity contribution in [1.82, 2.24) is 20.0 Å². The van der Waals surface area contributed by atoms with Gasteiger partial charge in [-0.2, -0.15) is 4.98 Å². The van der Waals surface area contributed by atoms with Crippen LogP contribution >= 0.6 is 0 Å². The van der Waals surface area contributed by atoms with Gasteiger partial charge in [-0.1, -0.05) is 17.3 Å². The van der Waals surface area contributed by atoms with Crippen LogP contribution in [0.2, 0.25) is 0 Å². The van der Waals surface area contributed by atoms with Gasteiger partial charge in [0.15, 0.2) is 5.82 Å². The van der Waals surface area contributed by atoms with Gasteiger partial charge in [0.2, 0.25) is 0 Å². The Labute approximate surface area is 229 Å². The Hall–Kier alpha value is -4.57. The van der Waals surface area contributed by atoms with E-state index in [1.807, 2.05) is 30.3 Å². The highest BCUT2D eigenvalue weighted by Crippen LogP contribution is 2.32. The number of anilines is 1. The maximum absolute atomic E-state index is 14.3. The van der Waals surface area contributed by atoms with Crippen molar-refractivity contribution >= 4 is 16.6 Å². The number of benzene rings is 3. The quantitative estimate of drug-likeness (QED) is 0.264. The third kappa shape index (κ3) is 5.17. The molecule has 0 radical (unpaired) electrons. The summed E-state index contributed by atoms with van der Waals surface area (Å²) < 4.78 is 44.3. The van der Waals surface area contributed by atoms with E-state index in [9.17, 15) is 8.78 Å². The van der Waals surface area contributed by atoms with E-state index < -0.39 is 11.6 Å². The van der Waals surface area contributed by atoms with Gasteiger partial charge in [0.05, 0.1) is 26.3 Å². The first-order valence-corrected chi connectivity index (χ1v) is 12.9. The fourth-order valence-corrected chi connectivity index (χ4v) is 5.01. The van der Waals surface area contributed by atoms with Crippen LogP contribution in [0.5, 0.6) is 11.5 Å². The molecule has 10 heteroatoms. The first kappa shape index (κ1) is 25.7. The van der Waals surface area contributed by atoms with E-state index in [1.54, 1.807) is 32.5 Å². The molecular formula is C30H27F2N5O3. The third-order valence-corrected chi connectivity index (χ3v) is 7.10. The van der Waals surface area contributed by atoms with E-state index in [0.717, 1.165) is 60.5 Å². The summed E-state index contributed by atoms with van der Waals surface area (Å²) in [4.78, 5) is 13.7. The minimum absolute atomic E-state index is 0.220. The lowest BCUT2D eigenvalue weighted by atomic mass is 10.0. The van der Waals surface area contributed by atoms with Crippen molar-refractivity contribution in [3.05, 3.63) is 84.3 Å². The molecule has 6 rings (SSSR count). The van der Waals surface area contributed by atoms with Gasteiger partial charge in [0.1, 0.15) is 23.1 Å². The summed E-state index contributed by atoms with van der Waals surface area (Å²) >= 11 is 0. The number of pyridine rings is 1. The predicted molar refractivity (Wildman–Crippen MR) is 147 cm³/mol. The van der Waals surface area contributed by atoms with Crippen molar-refractivity contribution < 1.29 is 22.8 Å². The van der Waals surface area contributed by atoms with Gasteiger partial charge in [0, 0.05) is 60.6 Å². The molecule has 0 N–H and O–H groups in total. The van der Waals surface area contributed by atoms with Gasteiger partial charge >= 0.3 is 0 Å². The van der Waals surface area contributed by atoms with Crippen molar-refractivity contribution in [2.24, 2.45) is 0 Å². The van der Waals surface area contributed by atoms with Gasteiger partial charge < -0.3 is 18.9 Å². The van der Waals surface area contributed by atoms with E-state index in [4.69, 9.17) is 14.0 Å². The van der Waals surface area contributed by atoms with Crippen molar-refractivity contribution in [1.29, 1.82) is 0 Å². The highest BCUT2D eigenvalue weighted by atomic mass is 19.1. The molecule has 40 heavy (non-hydrogen) atoms. The van der Waals surface area contributed by atoms with Gasteiger partial charge in [-0.05, 0) is 48.0 Å². The molecule has 3 heterocycles. The Morgan fingerprint density at radius 3 is 2.38 bits per heavy atom. The van der Waals surface area contributed by atoms with Crippen LogP contribution in [0.4, 0.5) is 14.5 Å². The summed E-state index contributed by atoms with van der Waals surface area (Å²) in [6, 6.07) is 16.5. The van der Waals surface area contributed by atoms with Crippen LogP contribution < -0.4 is 14.4 Å². The predicted octanol–water partition coefficient (Wildman–Crippen LogP) is 5.57. The Balaban J connectivity index is 1.14. The van der Waals surface area contributed by atoms with E-state index in [1.165, 1.54) is 6.07 Å². The second-order valence-electron chi connectivity index (χ2n) is 9.57. The lowest BCUT2D eigenvalue weighted by Gasteiger charge is -2.36. The Morgan fingerprint density at radius 1 is 0.850 bits per heavy atom. The van der Waals surface area contributed by atoms with Crippen LogP contribution in [-0.2, 0) is 6.54 Å². The summed E-state index contributed by atoms with van der Waals surface area (Å²) in [6.07, 6.45) is 1.75. The number of methoxy groups -OCH3 is 2. The highest BCUT2D eigenvalue weighted by Gasteiger charge is 2.21. The summed E-state index contributed by atoms with van der Waals surface area (Å²) in [5.74, 6) is 1.36. The van der Waals surface area contributed by atoms with Gasteiger partial charge in [0.25, 0.3) is 5.89 Å². The second kappa shape index (κ2) is 10.9. The van der Waals surface area contributed by atoms with Crippen molar-refractivity contribution in [3.8, 4) is 34.1 Å². The monoisotopic (exact) mass is 543 g/mol. The number of ether oxygens (including phenoxy) is 2. The molecular weight excluding hydrogens is 516 g/mol. The van der Waals surface area contributed by atoms with Crippen LogP contribution in [0, 0.1) is 11.6 Å². The summed E-state index contributed by atoms with van der Waals surface area (Å²) in [6.45, 7) is 3.80. The molecule has 0 amide bonds. The minimum atomic E-state index is -0.478. The molecule has 5 aromatic rings. The van der Waals surface area contributed by atoms with Crippen LogP contribution in [0.25, 0.3) is 33.5 Å². The molecule has 1 aliphatic rings. The molecule has 0 aliphatic carbocycles. The zero-order chi connectivity index (χ0) is 27.6. The van der Waals surface area contributed by atoms with Crippen molar-refractivity contribution in [2.75, 3.05) is 45.3 Å². The van der Waals surface area contributed by atoms with Crippen LogP contribution in [0.1, 0.15) is 5.82 Å². The van der Waals surface area contributed by atoms with E-state index >= 15 is 0 Å². The summed E-state index contributed by atoms with van der Waals surface area (Å²) in [5, 5.41) is 5.14. The number of fused-ring (bicyclic) bond motifs is 1. The SMILES string of the molecule is COc1cc(OC)cc(-c2nc(CN3CCN(c4ccnc5cc(-c6cc(F)ccc6F)ccc45)CC3)no2)c1. The Kier molecular flexibility index (Phi) is 7.00. The lowest BCUT2D eigenvalue weighted by Crippen LogP contribution is -2.46. The molecule has 0 spiro atoms. The topological polar surface area (TPSA) is 76.8 Å².